The minimum atomic E-state index is -3.40. The Balaban J connectivity index is 1.80. The molecule has 1 saturated heterocycles. The van der Waals surface area contributed by atoms with E-state index in [2.05, 4.69) is 4.72 Å². The van der Waals surface area contributed by atoms with Gasteiger partial charge in [-0.1, -0.05) is 12.1 Å². The van der Waals surface area contributed by atoms with E-state index in [1.807, 2.05) is 6.92 Å². The van der Waals surface area contributed by atoms with Crippen LogP contribution >= 0.6 is 0 Å². The number of ether oxygens (including phenoxy) is 2. The second kappa shape index (κ2) is 7.11. The third-order valence-electron chi connectivity index (χ3n) is 3.42. The van der Waals surface area contributed by atoms with Crippen LogP contribution in [0, 0.1) is 0 Å². The Morgan fingerprint density at radius 1 is 1.48 bits per heavy atom. The van der Waals surface area contributed by atoms with Crippen LogP contribution in [0.15, 0.2) is 24.3 Å². The lowest BCUT2D eigenvalue weighted by molar-refractivity contribution is 0.0902. The number of anilines is 1. The molecule has 6 nitrogen and oxygen atoms in total. The Morgan fingerprint density at radius 2 is 2.24 bits per heavy atom. The van der Waals surface area contributed by atoms with Gasteiger partial charge in [0.1, 0.15) is 12.4 Å². The molecule has 3 N–H and O–H groups in total. The van der Waals surface area contributed by atoms with E-state index in [4.69, 9.17) is 15.2 Å². The summed E-state index contributed by atoms with van der Waals surface area (Å²) in [5.41, 5.74) is 6.22. The molecule has 0 radical (unpaired) electrons. The minimum Gasteiger partial charge on any atom is -0.490 e. The van der Waals surface area contributed by atoms with E-state index >= 15 is 0 Å². The van der Waals surface area contributed by atoms with Crippen LogP contribution in [0.2, 0.25) is 0 Å². The van der Waals surface area contributed by atoms with Gasteiger partial charge in [-0.15, -0.1) is 0 Å². The van der Waals surface area contributed by atoms with E-state index < -0.39 is 10.0 Å². The molecule has 0 spiro atoms. The van der Waals surface area contributed by atoms with Crippen molar-refractivity contribution in [3.8, 4) is 5.75 Å². The SMILES string of the molecule is CC(NS(=O)(=O)CCOc1ccccc1N)C1CCCO1. The van der Waals surface area contributed by atoms with Crippen molar-refractivity contribution in [3.05, 3.63) is 24.3 Å². The molecule has 2 rings (SSSR count). The fraction of sp³-hybridized carbons (Fsp3) is 0.571. The molecule has 1 aromatic rings. The summed E-state index contributed by atoms with van der Waals surface area (Å²) in [4.78, 5) is 0. The first-order valence-corrected chi connectivity index (χ1v) is 8.72. The molecule has 1 fully saturated rings. The maximum Gasteiger partial charge on any atom is 0.215 e. The van der Waals surface area contributed by atoms with Crippen LogP contribution in [-0.2, 0) is 14.8 Å². The zero-order chi connectivity index (χ0) is 15.3. The van der Waals surface area contributed by atoms with E-state index in [1.165, 1.54) is 0 Å². The van der Waals surface area contributed by atoms with E-state index in [0.717, 1.165) is 12.8 Å². The van der Waals surface area contributed by atoms with Crippen LogP contribution in [0.3, 0.4) is 0 Å². The minimum absolute atomic E-state index is 0.0366. The molecular formula is C14H22N2O4S. The average Bonchev–Trinajstić information content (AvgIpc) is 2.94. The zero-order valence-electron chi connectivity index (χ0n) is 12.1. The molecule has 1 aliphatic rings. The highest BCUT2D eigenvalue weighted by Crippen LogP contribution is 2.19. The average molecular weight is 314 g/mol. The van der Waals surface area contributed by atoms with Gasteiger partial charge in [0.25, 0.3) is 0 Å². The van der Waals surface area contributed by atoms with Crippen molar-refractivity contribution in [2.75, 3.05) is 24.7 Å². The summed E-state index contributed by atoms with van der Waals surface area (Å²) in [6.45, 7) is 2.58. The molecule has 0 aromatic heterocycles. The van der Waals surface area contributed by atoms with E-state index in [-0.39, 0.29) is 24.5 Å². The Morgan fingerprint density at radius 3 is 2.90 bits per heavy atom. The summed E-state index contributed by atoms with van der Waals surface area (Å²) in [6.07, 6.45) is 1.83. The molecule has 1 aliphatic heterocycles. The van der Waals surface area contributed by atoms with Gasteiger partial charge in [-0.05, 0) is 31.9 Å². The number of benzene rings is 1. The summed E-state index contributed by atoms with van der Waals surface area (Å²) in [5, 5.41) is 0. The van der Waals surface area contributed by atoms with Crippen molar-refractivity contribution in [2.24, 2.45) is 0 Å². The number of nitrogens with one attached hydrogen (secondary N) is 1. The van der Waals surface area contributed by atoms with Gasteiger partial charge in [0.15, 0.2) is 0 Å². The fourth-order valence-electron chi connectivity index (χ4n) is 2.29. The van der Waals surface area contributed by atoms with E-state index in [0.29, 0.717) is 18.0 Å². The lowest BCUT2D eigenvalue weighted by Gasteiger charge is -2.20. The number of hydrogen-bond acceptors (Lipinski definition) is 5. The molecule has 118 valence electrons. The fourth-order valence-corrected chi connectivity index (χ4v) is 3.43. The van der Waals surface area contributed by atoms with Crippen LogP contribution in [-0.4, -0.2) is 39.5 Å². The predicted octanol–water partition coefficient (Wildman–Crippen LogP) is 1.13. The highest BCUT2D eigenvalue weighted by Gasteiger charge is 2.26. The second-order valence-electron chi connectivity index (χ2n) is 5.16. The van der Waals surface area contributed by atoms with Gasteiger partial charge in [-0.25, -0.2) is 13.1 Å². The van der Waals surface area contributed by atoms with Crippen LogP contribution in [0.1, 0.15) is 19.8 Å². The van der Waals surface area contributed by atoms with Gasteiger partial charge < -0.3 is 15.2 Å². The Bertz CT molecular complexity index is 556. The molecule has 1 heterocycles. The third kappa shape index (κ3) is 4.87. The number of para-hydroxylation sites is 2. The highest BCUT2D eigenvalue weighted by molar-refractivity contribution is 7.89. The van der Waals surface area contributed by atoms with Crippen molar-refractivity contribution in [1.82, 2.24) is 4.72 Å². The molecule has 2 atom stereocenters. The molecule has 0 bridgehead atoms. The van der Waals surface area contributed by atoms with Crippen LogP contribution in [0.25, 0.3) is 0 Å². The topological polar surface area (TPSA) is 90.7 Å². The Hall–Kier alpha value is -1.31. The number of rotatable bonds is 7. The quantitative estimate of drug-likeness (QED) is 0.736. The monoisotopic (exact) mass is 314 g/mol. The summed E-state index contributed by atoms with van der Waals surface area (Å²) >= 11 is 0. The van der Waals surface area contributed by atoms with Gasteiger partial charge in [-0.2, -0.15) is 0 Å². The van der Waals surface area contributed by atoms with Gasteiger partial charge in [-0.3, -0.25) is 0 Å². The first-order chi connectivity index (χ1) is 9.98. The summed E-state index contributed by atoms with van der Waals surface area (Å²) < 4.78 is 37.5. The molecule has 21 heavy (non-hydrogen) atoms. The largest absolute Gasteiger partial charge is 0.490 e. The second-order valence-corrected chi connectivity index (χ2v) is 7.04. The van der Waals surface area contributed by atoms with Crippen molar-refractivity contribution in [3.63, 3.8) is 0 Å². The molecular weight excluding hydrogens is 292 g/mol. The van der Waals surface area contributed by atoms with Gasteiger partial charge in [0.05, 0.1) is 17.5 Å². The smallest absolute Gasteiger partial charge is 0.215 e. The van der Waals surface area contributed by atoms with Gasteiger partial charge in [0, 0.05) is 12.6 Å². The summed E-state index contributed by atoms with van der Waals surface area (Å²) in [7, 11) is -3.40. The first-order valence-electron chi connectivity index (χ1n) is 7.07. The lowest BCUT2D eigenvalue weighted by Crippen LogP contribution is -2.42. The van der Waals surface area contributed by atoms with Crippen LogP contribution < -0.4 is 15.2 Å². The predicted molar refractivity (Wildman–Crippen MR) is 81.7 cm³/mol. The van der Waals surface area contributed by atoms with Crippen LogP contribution in [0.4, 0.5) is 5.69 Å². The molecule has 2 unspecified atom stereocenters. The molecule has 1 aromatic carbocycles. The first kappa shape index (κ1) is 16.1. The highest BCUT2D eigenvalue weighted by atomic mass is 32.2. The maximum atomic E-state index is 12.0. The molecule has 0 aliphatic carbocycles. The van der Waals surface area contributed by atoms with Gasteiger partial charge >= 0.3 is 0 Å². The number of hydrogen-bond donors (Lipinski definition) is 2. The molecule has 0 saturated carbocycles. The van der Waals surface area contributed by atoms with Crippen molar-refractivity contribution in [1.29, 1.82) is 0 Å². The van der Waals surface area contributed by atoms with Crippen molar-refractivity contribution >= 4 is 15.7 Å². The standard InChI is InChI=1S/C14H22N2O4S/c1-11(13-7-4-8-19-13)16-21(17,18)10-9-20-14-6-3-2-5-12(14)15/h2-3,5-6,11,13,16H,4,7-10,15H2,1H3. The summed E-state index contributed by atoms with van der Waals surface area (Å²) in [5.74, 6) is 0.387. The van der Waals surface area contributed by atoms with E-state index in [1.54, 1.807) is 24.3 Å². The molecule has 0 amide bonds. The van der Waals surface area contributed by atoms with E-state index in [9.17, 15) is 8.42 Å². The third-order valence-corrected chi connectivity index (χ3v) is 4.85. The Kier molecular flexibility index (Phi) is 5.44. The van der Waals surface area contributed by atoms with Crippen molar-refractivity contribution in [2.45, 2.75) is 31.9 Å². The van der Waals surface area contributed by atoms with Crippen molar-refractivity contribution < 1.29 is 17.9 Å². The normalized spacial score (nSPS) is 20.3. The molecule has 7 heteroatoms. The number of nitrogen functional groups attached to an aromatic ring is 1. The Labute approximate surface area is 125 Å². The zero-order valence-corrected chi connectivity index (χ0v) is 12.9. The number of sulfonamides is 1. The number of nitrogens with two attached hydrogens (primary N) is 1. The lowest BCUT2D eigenvalue weighted by atomic mass is 10.1. The summed E-state index contributed by atoms with van der Waals surface area (Å²) in [6, 6.07) is 6.78. The van der Waals surface area contributed by atoms with Gasteiger partial charge in [0.2, 0.25) is 10.0 Å². The maximum absolute atomic E-state index is 12.0. The van der Waals surface area contributed by atoms with Crippen LogP contribution in [0.5, 0.6) is 5.75 Å².